The van der Waals surface area contributed by atoms with Gasteiger partial charge in [-0.2, -0.15) is 9.97 Å². The quantitative estimate of drug-likeness (QED) is 0.613. The fourth-order valence-electron chi connectivity index (χ4n) is 1.72. The molecule has 6 heteroatoms. The maximum absolute atomic E-state index is 5.80. The van der Waals surface area contributed by atoms with Crippen molar-refractivity contribution in [3.8, 4) is 0 Å². The molecular formula is C12H16N6. The molecule has 0 amide bonds. The molecule has 0 spiro atoms. The van der Waals surface area contributed by atoms with E-state index in [2.05, 4.69) is 9.97 Å². The van der Waals surface area contributed by atoms with Crippen molar-refractivity contribution in [2.24, 2.45) is 5.73 Å². The summed E-state index contributed by atoms with van der Waals surface area (Å²) in [6.45, 7) is 0.523. The molecule has 94 valence electrons. The van der Waals surface area contributed by atoms with E-state index in [1.807, 2.05) is 24.3 Å². The van der Waals surface area contributed by atoms with E-state index in [0.29, 0.717) is 30.2 Å². The average molecular weight is 244 g/mol. The molecule has 0 aliphatic carbocycles. The van der Waals surface area contributed by atoms with Crippen molar-refractivity contribution in [3.63, 3.8) is 0 Å². The SMILES string of the molecule is NCc1ccc(Cc2c(N)nc(N)nc2N)cc1. The topological polar surface area (TPSA) is 130 Å². The molecule has 2 rings (SSSR count). The Morgan fingerprint density at radius 3 is 1.83 bits per heavy atom. The highest BCUT2D eigenvalue weighted by Crippen LogP contribution is 2.20. The Kier molecular flexibility index (Phi) is 3.29. The molecule has 0 unspecified atom stereocenters. The van der Waals surface area contributed by atoms with Gasteiger partial charge < -0.3 is 22.9 Å². The number of aromatic nitrogens is 2. The number of hydrogen-bond acceptors (Lipinski definition) is 6. The van der Waals surface area contributed by atoms with Crippen LogP contribution >= 0.6 is 0 Å². The molecule has 18 heavy (non-hydrogen) atoms. The molecule has 0 atom stereocenters. The first kappa shape index (κ1) is 12.1. The zero-order valence-electron chi connectivity index (χ0n) is 9.93. The third kappa shape index (κ3) is 2.49. The molecule has 0 aliphatic heterocycles. The van der Waals surface area contributed by atoms with Crippen LogP contribution in [0.15, 0.2) is 24.3 Å². The fourth-order valence-corrected chi connectivity index (χ4v) is 1.72. The predicted octanol–water partition coefficient (Wildman–Crippen LogP) is 0.273. The van der Waals surface area contributed by atoms with Gasteiger partial charge >= 0.3 is 0 Å². The van der Waals surface area contributed by atoms with Gasteiger partial charge in [0.15, 0.2) is 0 Å². The minimum atomic E-state index is 0.0900. The Morgan fingerprint density at radius 1 is 0.833 bits per heavy atom. The van der Waals surface area contributed by atoms with Crippen LogP contribution in [0.3, 0.4) is 0 Å². The lowest BCUT2D eigenvalue weighted by Crippen LogP contribution is -2.09. The third-order valence-corrected chi connectivity index (χ3v) is 2.73. The molecule has 1 heterocycles. The van der Waals surface area contributed by atoms with E-state index in [1.54, 1.807) is 0 Å². The molecule has 1 aromatic heterocycles. The lowest BCUT2D eigenvalue weighted by Gasteiger charge is -2.09. The van der Waals surface area contributed by atoms with Gasteiger partial charge in [0, 0.05) is 18.5 Å². The Bertz CT molecular complexity index is 526. The molecule has 1 aromatic carbocycles. The van der Waals surface area contributed by atoms with Crippen LogP contribution in [0.1, 0.15) is 16.7 Å². The summed E-state index contributed by atoms with van der Waals surface area (Å²) in [7, 11) is 0. The van der Waals surface area contributed by atoms with Crippen molar-refractivity contribution in [2.45, 2.75) is 13.0 Å². The molecule has 6 nitrogen and oxygen atoms in total. The smallest absolute Gasteiger partial charge is 0.223 e. The summed E-state index contributed by atoms with van der Waals surface area (Å²) in [5, 5.41) is 0. The normalized spacial score (nSPS) is 10.5. The van der Waals surface area contributed by atoms with Crippen LogP contribution < -0.4 is 22.9 Å². The van der Waals surface area contributed by atoms with E-state index < -0.39 is 0 Å². The van der Waals surface area contributed by atoms with Gasteiger partial charge in [0.05, 0.1) is 0 Å². The van der Waals surface area contributed by atoms with E-state index >= 15 is 0 Å². The van der Waals surface area contributed by atoms with Crippen molar-refractivity contribution in [3.05, 3.63) is 41.0 Å². The highest BCUT2D eigenvalue weighted by Gasteiger charge is 2.09. The number of rotatable bonds is 3. The van der Waals surface area contributed by atoms with Crippen molar-refractivity contribution in [2.75, 3.05) is 17.2 Å². The van der Waals surface area contributed by atoms with Crippen molar-refractivity contribution in [1.82, 2.24) is 9.97 Å². The van der Waals surface area contributed by atoms with E-state index in [9.17, 15) is 0 Å². The Labute approximate surface area is 105 Å². The zero-order valence-corrected chi connectivity index (χ0v) is 9.93. The highest BCUT2D eigenvalue weighted by molar-refractivity contribution is 5.57. The Balaban J connectivity index is 2.28. The Morgan fingerprint density at radius 2 is 1.33 bits per heavy atom. The maximum Gasteiger partial charge on any atom is 0.223 e. The van der Waals surface area contributed by atoms with E-state index in [0.717, 1.165) is 11.1 Å². The van der Waals surface area contributed by atoms with Crippen LogP contribution in [-0.4, -0.2) is 9.97 Å². The van der Waals surface area contributed by atoms with Crippen LogP contribution in [-0.2, 0) is 13.0 Å². The summed E-state index contributed by atoms with van der Waals surface area (Å²) in [5.74, 6) is 0.734. The monoisotopic (exact) mass is 244 g/mol. The summed E-state index contributed by atoms with van der Waals surface area (Å²) >= 11 is 0. The summed E-state index contributed by atoms with van der Waals surface area (Å²) in [6.07, 6.45) is 0.572. The second-order valence-electron chi connectivity index (χ2n) is 4.03. The molecule has 8 N–H and O–H groups in total. The molecular weight excluding hydrogens is 228 g/mol. The lowest BCUT2D eigenvalue weighted by atomic mass is 10.0. The van der Waals surface area contributed by atoms with Crippen molar-refractivity contribution < 1.29 is 0 Å². The van der Waals surface area contributed by atoms with Crippen LogP contribution in [0, 0.1) is 0 Å². The van der Waals surface area contributed by atoms with Crippen LogP contribution in [0.5, 0.6) is 0 Å². The fraction of sp³-hybridized carbons (Fsp3) is 0.167. The standard InChI is InChI=1S/C12H16N6/c13-6-8-3-1-7(2-4-8)5-9-10(14)17-12(16)18-11(9)15/h1-4H,5-6,13H2,(H6,14,15,16,17,18). The van der Waals surface area contributed by atoms with Crippen molar-refractivity contribution in [1.29, 1.82) is 0 Å². The Hall–Kier alpha value is -2.34. The van der Waals surface area contributed by atoms with E-state index in [-0.39, 0.29) is 5.95 Å². The average Bonchev–Trinajstić information content (AvgIpc) is 2.34. The van der Waals surface area contributed by atoms with Gasteiger partial charge in [-0.05, 0) is 11.1 Å². The van der Waals surface area contributed by atoms with Gasteiger partial charge in [-0.25, -0.2) is 0 Å². The van der Waals surface area contributed by atoms with Crippen LogP contribution in [0.25, 0.3) is 0 Å². The molecule has 0 bridgehead atoms. The number of nitrogen functional groups attached to an aromatic ring is 3. The number of benzene rings is 1. The predicted molar refractivity (Wildman–Crippen MR) is 72.4 cm³/mol. The number of anilines is 3. The minimum Gasteiger partial charge on any atom is -0.383 e. The first-order valence-corrected chi connectivity index (χ1v) is 5.55. The van der Waals surface area contributed by atoms with Gasteiger partial charge in [-0.15, -0.1) is 0 Å². The molecule has 0 aliphatic rings. The van der Waals surface area contributed by atoms with Crippen molar-refractivity contribution >= 4 is 17.6 Å². The first-order chi connectivity index (χ1) is 8.60. The molecule has 0 saturated heterocycles. The van der Waals surface area contributed by atoms with Crippen LogP contribution in [0.2, 0.25) is 0 Å². The highest BCUT2D eigenvalue weighted by atomic mass is 15.1. The van der Waals surface area contributed by atoms with Gasteiger partial charge in [-0.3, -0.25) is 0 Å². The molecule has 0 radical (unpaired) electrons. The van der Waals surface area contributed by atoms with Crippen LogP contribution in [0.4, 0.5) is 17.6 Å². The molecule has 0 fully saturated rings. The maximum atomic E-state index is 5.80. The first-order valence-electron chi connectivity index (χ1n) is 5.55. The summed E-state index contributed by atoms with van der Waals surface area (Å²) in [5.41, 5.74) is 25.4. The zero-order chi connectivity index (χ0) is 13.1. The van der Waals surface area contributed by atoms with Gasteiger partial charge in [0.1, 0.15) is 11.6 Å². The summed E-state index contributed by atoms with van der Waals surface area (Å²) in [4.78, 5) is 7.82. The molecule has 0 saturated carbocycles. The number of nitrogens with zero attached hydrogens (tertiary/aromatic N) is 2. The minimum absolute atomic E-state index is 0.0900. The van der Waals surface area contributed by atoms with E-state index in [4.69, 9.17) is 22.9 Å². The van der Waals surface area contributed by atoms with Gasteiger partial charge in [0.2, 0.25) is 5.95 Å². The van der Waals surface area contributed by atoms with Gasteiger partial charge in [0.25, 0.3) is 0 Å². The second kappa shape index (κ2) is 4.89. The van der Waals surface area contributed by atoms with Gasteiger partial charge in [-0.1, -0.05) is 24.3 Å². The number of nitrogens with two attached hydrogens (primary N) is 4. The lowest BCUT2D eigenvalue weighted by molar-refractivity contribution is 1.06. The summed E-state index contributed by atoms with van der Waals surface area (Å²) in [6, 6.07) is 7.91. The third-order valence-electron chi connectivity index (χ3n) is 2.73. The number of hydrogen-bond donors (Lipinski definition) is 4. The van der Waals surface area contributed by atoms with E-state index in [1.165, 1.54) is 0 Å². The summed E-state index contributed by atoms with van der Waals surface area (Å²) < 4.78 is 0. The second-order valence-corrected chi connectivity index (χ2v) is 4.03. The molecule has 2 aromatic rings. The largest absolute Gasteiger partial charge is 0.383 e.